The van der Waals surface area contributed by atoms with Crippen LogP contribution in [-0.4, -0.2) is 43.0 Å². The van der Waals surface area contributed by atoms with Crippen LogP contribution in [0.4, 0.5) is 0 Å². The second-order valence-electron chi connectivity index (χ2n) is 3.41. The lowest BCUT2D eigenvalue weighted by Crippen LogP contribution is -2.45. The van der Waals surface area contributed by atoms with Crippen LogP contribution in [0.5, 0.6) is 0 Å². The predicted octanol–water partition coefficient (Wildman–Crippen LogP) is 0.595. The third-order valence-electron chi connectivity index (χ3n) is 2.03. The van der Waals surface area contributed by atoms with E-state index in [0.717, 1.165) is 19.6 Å². The Morgan fingerprint density at radius 1 is 1.42 bits per heavy atom. The largest absolute Gasteiger partial charge is 0.373 e. The van der Waals surface area contributed by atoms with Crippen molar-refractivity contribution in [3.05, 3.63) is 0 Å². The Morgan fingerprint density at radius 2 is 2.00 bits per heavy atom. The molecular weight excluding hydrogens is 154 g/mol. The topological polar surface area (TPSA) is 29.5 Å². The SMILES string of the molecule is CC1CN(CC[C]=O)CC(C)O1. The highest BCUT2D eigenvalue weighted by molar-refractivity contribution is 5.50. The zero-order chi connectivity index (χ0) is 8.97. The number of ether oxygens (including phenoxy) is 1. The minimum absolute atomic E-state index is 0.292. The molecule has 3 nitrogen and oxygen atoms in total. The molecule has 69 valence electrons. The van der Waals surface area contributed by atoms with E-state index in [1.165, 1.54) is 0 Å². The fourth-order valence-electron chi connectivity index (χ4n) is 1.67. The molecule has 0 spiro atoms. The molecule has 12 heavy (non-hydrogen) atoms. The molecule has 1 aliphatic rings. The van der Waals surface area contributed by atoms with Gasteiger partial charge in [0.25, 0.3) is 0 Å². The number of hydrogen-bond acceptors (Lipinski definition) is 3. The zero-order valence-electron chi connectivity index (χ0n) is 7.75. The quantitative estimate of drug-likeness (QED) is 0.621. The molecule has 1 fully saturated rings. The standard InChI is InChI=1S/C9H16NO2/c1-8-6-10(4-3-5-11)7-9(2)12-8/h8-9H,3-4,6-7H2,1-2H3. The number of rotatable bonds is 3. The van der Waals surface area contributed by atoms with Crippen molar-refractivity contribution in [3.8, 4) is 0 Å². The zero-order valence-corrected chi connectivity index (χ0v) is 7.75. The Bertz CT molecular complexity index is 139. The van der Waals surface area contributed by atoms with E-state index in [0.29, 0.717) is 18.6 Å². The van der Waals surface area contributed by atoms with Gasteiger partial charge in [0.1, 0.15) is 0 Å². The molecule has 0 aromatic heterocycles. The van der Waals surface area contributed by atoms with E-state index in [4.69, 9.17) is 4.74 Å². The van der Waals surface area contributed by atoms with E-state index in [9.17, 15) is 4.79 Å². The van der Waals surface area contributed by atoms with Crippen LogP contribution in [0.15, 0.2) is 0 Å². The maximum Gasteiger partial charge on any atom is 0.199 e. The Labute approximate surface area is 73.7 Å². The first-order chi connectivity index (χ1) is 5.72. The van der Waals surface area contributed by atoms with Crippen molar-refractivity contribution in [2.75, 3.05) is 19.6 Å². The van der Waals surface area contributed by atoms with Crippen LogP contribution in [0.25, 0.3) is 0 Å². The van der Waals surface area contributed by atoms with E-state index in [-0.39, 0.29) is 0 Å². The minimum Gasteiger partial charge on any atom is -0.373 e. The van der Waals surface area contributed by atoms with Gasteiger partial charge in [0.15, 0.2) is 6.29 Å². The van der Waals surface area contributed by atoms with Crippen LogP contribution < -0.4 is 0 Å². The van der Waals surface area contributed by atoms with E-state index < -0.39 is 0 Å². The van der Waals surface area contributed by atoms with Crippen molar-refractivity contribution in [1.82, 2.24) is 4.90 Å². The third-order valence-corrected chi connectivity index (χ3v) is 2.03. The molecule has 0 aromatic carbocycles. The molecule has 0 bridgehead atoms. The molecule has 1 aliphatic heterocycles. The summed E-state index contributed by atoms with van der Waals surface area (Å²) in [5.41, 5.74) is 0. The van der Waals surface area contributed by atoms with Crippen LogP contribution in [-0.2, 0) is 9.53 Å². The van der Waals surface area contributed by atoms with E-state index in [1.807, 2.05) is 6.29 Å². The van der Waals surface area contributed by atoms with Gasteiger partial charge in [-0.1, -0.05) is 0 Å². The second kappa shape index (κ2) is 4.58. The molecule has 1 rings (SSSR count). The Morgan fingerprint density at radius 3 is 2.50 bits per heavy atom. The fraction of sp³-hybridized carbons (Fsp3) is 0.889. The fourth-order valence-corrected chi connectivity index (χ4v) is 1.67. The monoisotopic (exact) mass is 170 g/mol. The molecule has 3 heteroatoms. The first-order valence-electron chi connectivity index (χ1n) is 4.45. The van der Waals surface area contributed by atoms with Gasteiger partial charge in [-0.15, -0.1) is 0 Å². The number of hydrogen-bond donors (Lipinski definition) is 0. The first kappa shape index (κ1) is 9.68. The molecule has 1 heterocycles. The summed E-state index contributed by atoms with van der Waals surface area (Å²) >= 11 is 0. The summed E-state index contributed by atoms with van der Waals surface area (Å²) in [5.74, 6) is 0. The molecule has 1 radical (unpaired) electrons. The lowest BCUT2D eigenvalue weighted by atomic mass is 10.2. The molecular formula is C9H16NO2. The predicted molar refractivity (Wildman–Crippen MR) is 46.8 cm³/mol. The summed E-state index contributed by atoms with van der Waals surface area (Å²) in [7, 11) is 0. The summed E-state index contributed by atoms with van der Waals surface area (Å²) < 4.78 is 5.56. The van der Waals surface area contributed by atoms with Crippen LogP contribution in [0.2, 0.25) is 0 Å². The molecule has 0 N–H and O–H groups in total. The highest BCUT2D eigenvalue weighted by Crippen LogP contribution is 2.10. The van der Waals surface area contributed by atoms with Crippen molar-refractivity contribution < 1.29 is 9.53 Å². The summed E-state index contributed by atoms with van der Waals surface area (Å²) in [5, 5.41) is 0. The highest BCUT2D eigenvalue weighted by atomic mass is 16.5. The molecule has 0 saturated carbocycles. The maximum absolute atomic E-state index is 10.0. The molecule has 0 amide bonds. The van der Waals surface area contributed by atoms with Crippen LogP contribution in [0.3, 0.4) is 0 Å². The Balaban J connectivity index is 2.28. The maximum atomic E-state index is 10.0. The van der Waals surface area contributed by atoms with Crippen LogP contribution in [0, 0.1) is 0 Å². The number of nitrogens with zero attached hydrogens (tertiary/aromatic N) is 1. The third kappa shape index (κ3) is 2.91. The highest BCUT2D eigenvalue weighted by Gasteiger charge is 2.21. The normalized spacial score (nSPS) is 31.8. The number of carbonyl (C=O) groups excluding carboxylic acids is 1. The van der Waals surface area contributed by atoms with E-state index >= 15 is 0 Å². The van der Waals surface area contributed by atoms with Gasteiger partial charge in [-0.25, -0.2) is 0 Å². The molecule has 1 saturated heterocycles. The van der Waals surface area contributed by atoms with E-state index in [2.05, 4.69) is 18.7 Å². The van der Waals surface area contributed by atoms with Crippen LogP contribution in [0.1, 0.15) is 20.3 Å². The van der Waals surface area contributed by atoms with E-state index in [1.54, 1.807) is 0 Å². The van der Waals surface area contributed by atoms with Gasteiger partial charge in [-0.05, 0) is 13.8 Å². The lowest BCUT2D eigenvalue weighted by Gasteiger charge is -2.34. The van der Waals surface area contributed by atoms with Gasteiger partial charge in [-0.2, -0.15) is 0 Å². The van der Waals surface area contributed by atoms with Crippen molar-refractivity contribution in [2.24, 2.45) is 0 Å². The van der Waals surface area contributed by atoms with Crippen molar-refractivity contribution >= 4 is 6.29 Å². The second-order valence-corrected chi connectivity index (χ2v) is 3.41. The molecule has 2 unspecified atom stereocenters. The molecule has 2 atom stereocenters. The summed E-state index contributed by atoms with van der Waals surface area (Å²) in [6.07, 6.45) is 3.01. The van der Waals surface area contributed by atoms with Gasteiger partial charge >= 0.3 is 0 Å². The number of morpholine rings is 1. The van der Waals surface area contributed by atoms with Crippen molar-refractivity contribution in [3.63, 3.8) is 0 Å². The summed E-state index contributed by atoms with van der Waals surface area (Å²) in [4.78, 5) is 12.3. The average Bonchev–Trinajstić information content (AvgIpc) is 1.99. The minimum atomic E-state index is 0.292. The van der Waals surface area contributed by atoms with Gasteiger partial charge in [0.2, 0.25) is 0 Å². The average molecular weight is 170 g/mol. The van der Waals surface area contributed by atoms with Gasteiger partial charge < -0.3 is 4.74 Å². The summed E-state index contributed by atoms with van der Waals surface area (Å²) in [6, 6.07) is 0. The van der Waals surface area contributed by atoms with Crippen molar-refractivity contribution in [2.45, 2.75) is 32.5 Å². The van der Waals surface area contributed by atoms with Crippen molar-refractivity contribution in [1.29, 1.82) is 0 Å². The summed E-state index contributed by atoms with van der Waals surface area (Å²) in [6.45, 7) is 6.82. The Kier molecular flexibility index (Phi) is 3.69. The van der Waals surface area contributed by atoms with Gasteiger partial charge in [-0.3, -0.25) is 9.69 Å². The first-order valence-corrected chi connectivity index (χ1v) is 4.45. The Hall–Kier alpha value is -0.410. The van der Waals surface area contributed by atoms with Gasteiger partial charge in [0.05, 0.1) is 12.2 Å². The molecule has 0 aromatic rings. The van der Waals surface area contributed by atoms with Crippen LogP contribution >= 0.6 is 0 Å². The van der Waals surface area contributed by atoms with Gasteiger partial charge in [0, 0.05) is 26.1 Å². The molecule has 0 aliphatic carbocycles. The lowest BCUT2D eigenvalue weighted by molar-refractivity contribution is -0.0671. The smallest absolute Gasteiger partial charge is 0.199 e.